The van der Waals surface area contributed by atoms with Crippen molar-refractivity contribution in [3.8, 4) is 6.07 Å². The van der Waals surface area contributed by atoms with Gasteiger partial charge in [0.25, 0.3) is 0 Å². The standard InChI is InChI=1S/C12H17N5/c1-17(11-3-2-5-14-6-4-11)12-10(7-13)8-15-9-16-12/h8-9,11,14H,2-6H2,1H3. The minimum Gasteiger partial charge on any atom is -0.355 e. The number of hydrogen-bond donors (Lipinski definition) is 1. The van der Waals surface area contributed by atoms with E-state index in [1.807, 2.05) is 7.05 Å². The van der Waals surface area contributed by atoms with Crippen molar-refractivity contribution in [3.05, 3.63) is 18.1 Å². The van der Waals surface area contributed by atoms with Crippen LogP contribution in [-0.2, 0) is 0 Å². The largest absolute Gasteiger partial charge is 0.355 e. The Morgan fingerprint density at radius 3 is 3.18 bits per heavy atom. The molecule has 0 aromatic carbocycles. The SMILES string of the molecule is CN(c1ncncc1C#N)C1CCCNCC1. The van der Waals surface area contributed by atoms with Gasteiger partial charge in [0.2, 0.25) is 0 Å². The fourth-order valence-corrected chi connectivity index (χ4v) is 2.24. The maximum absolute atomic E-state index is 9.05. The third-order valence-corrected chi connectivity index (χ3v) is 3.24. The molecule has 1 fully saturated rings. The number of nitrogens with zero attached hydrogens (tertiary/aromatic N) is 4. The monoisotopic (exact) mass is 231 g/mol. The van der Waals surface area contributed by atoms with E-state index >= 15 is 0 Å². The zero-order valence-corrected chi connectivity index (χ0v) is 10.1. The molecule has 1 aliphatic heterocycles. The summed E-state index contributed by atoms with van der Waals surface area (Å²) < 4.78 is 0. The molecule has 0 amide bonds. The van der Waals surface area contributed by atoms with E-state index in [9.17, 15) is 0 Å². The molecule has 1 atom stereocenters. The van der Waals surface area contributed by atoms with E-state index in [-0.39, 0.29) is 0 Å². The molecular formula is C12H17N5. The molecule has 1 aliphatic rings. The third-order valence-electron chi connectivity index (χ3n) is 3.24. The van der Waals surface area contributed by atoms with E-state index < -0.39 is 0 Å². The molecular weight excluding hydrogens is 214 g/mol. The van der Waals surface area contributed by atoms with Crippen molar-refractivity contribution in [2.75, 3.05) is 25.0 Å². The van der Waals surface area contributed by atoms with Crippen LogP contribution in [0.3, 0.4) is 0 Å². The van der Waals surface area contributed by atoms with Gasteiger partial charge in [-0.15, -0.1) is 0 Å². The maximum atomic E-state index is 9.05. The molecule has 0 saturated carbocycles. The van der Waals surface area contributed by atoms with E-state index in [0.717, 1.165) is 31.7 Å². The molecule has 1 aromatic heterocycles. The lowest BCUT2D eigenvalue weighted by molar-refractivity contribution is 0.562. The highest BCUT2D eigenvalue weighted by atomic mass is 15.2. The molecule has 1 saturated heterocycles. The smallest absolute Gasteiger partial charge is 0.149 e. The number of nitriles is 1. The zero-order chi connectivity index (χ0) is 12.1. The van der Waals surface area contributed by atoms with Crippen molar-refractivity contribution in [1.29, 1.82) is 5.26 Å². The molecule has 5 nitrogen and oxygen atoms in total. The Kier molecular flexibility index (Phi) is 3.89. The van der Waals surface area contributed by atoms with E-state index in [1.54, 1.807) is 6.20 Å². The Bertz CT molecular complexity index is 404. The molecule has 1 unspecified atom stereocenters. The van der Waals surface area contributed by atoms with Gasteiger partial charge in [0, 0.05) is 13.1 Å². The minimum atomic E-state index is 0.451. The summed E-state index contributed by atoms with van der Waals surface area (Å²) in [6, 6.07) is 2.60. The van der Waals surface area contributed by atoms with Gasteiger partial charge in [-0.3, -0.25) is 0 Å². The van der Waals surface area contributed by atoms with Crippen molar-refractivity contribution in [2.24, 2.45) is 0 Å². The van der Waals surface area contributed by atoms with Gasteiger partial charge in [-0.05, 0) is 32.4 Å². The number of nitrogens with one attached hydrogen (secondary N) is 1. The fourth-order valence-electron chi connectivity index (χ4n) is 2.24. The summed E-state index contributed by atoms with van der Waals surface area (Å²) in [6.07, 6.45) is 6.47. The average Bonchev–Trinajstić information content (AvgIpc) is 2.66. The first kappa shape index (κ1) is 11.8. The molecule has 1 aromatic rings. The van der Waals surface area contributed by atoms with Gasteiger partial charge >= 0.3 is 0 Å². The lowest BCUT2D eigenvalue weighted by atomic mass is 10.1. The molecule has 0 spiro atoms. The van der Waals surface area contributed by atoms with E-state index in [1.165, 1.54) is 12.7 Å². The van der Waals surface area contributed by atoms with Crippen molar-refractivity contribution in [2.45, 2.75) is 25.3 Å². The summed E-state index contributed by atoms with van der Waals surface area (Å²) in [4.78, 5) is 10.2. The topological polar surface area (TPSA) is 64.8 Å². The predicted molar refractivity (Wildman–Crippen MR) is 65.7 cm³/mol. The van der Waals surface area contributed by atoms with Crippen LogP contribution in [-0.4, -0.2) is 36.1 Å². The number of hydrogen-bond acceptors (Lipinski definition) is 5. The van der Waals surface area contributed by atoms with E-state index in [0.29, 0.717) is 11.6 Å². The Morgan fingerprint density at radius 2 is 2.35 bits per heavy atom. The van der Waals surface area contributed by atoms with Gasteiger partial charge in [0.15, 0.2) is 0 Å². The Hall–Kier alpha value is -1.67. The molecule has 90 valence electrons. The van der Waals surface area contributed by atoms with Crippen molar-refractivity contribution in [1.82, 2.24) is 15.3 Å². The number of rotatable bonds is 2. The summed E-state index contributed by atoms with van der Waals surface area (Å²) >= 11 is 0. The van der Waals surface area contributed by atoms with Crippen LogP contribution in [0.25, 0.3) is 0 Å². The lowest BCUT2D eigenvalue weighted by Crippen LogP contribution is -2.33. The van der Waals surface area contributed by atoms with Crippen LogP contribution in [0.1, 0.15) is 24.8 Å². The van der Waals surface area contributed by atoms with Crippen LogP contribution in [0.15, 0.2) is 12.5 Å². The van der Waals surface area contributed by atoms with Gasteiger partial charge in [-0.25, -0.2) is 9.97 Å². The van der Waals surface area contributed by atoms with Gasteiger partial charge in [0.1, 0.15) is 23.8 Å². The summed E-state index contributed by atoms with van der Waals surface area (Å²) in [5.41, 5.74) is 0.548. The molecule has 0 bridgehead atoms. The van der Waals surface area contributed by atoms with Crippen LogP contribution < -0.4 is 10.2 Å². The molecule has 2 rings (SSSR count). The normalized spacial score (nSPS) is 20.4. The van der Waals surface area contributed by atoms with Crippen molar-refractivity contribution in [3.63, 3.8) is 0 Å². The second kappa shape index (κ2) is 5.60. The second-order valence-electron chi connectivity index (χ2n) is 4.32. The Labute approximate surface area is 101 Å². The van der Waals surface area contributed by atoms with Crippen LogP contribution in [0.2, 0.25) is 0 Å². The van der Waals surface area contributed by atoms with E-state index in [4.69, 9.17) is 5.26 Å². The molecule has 0 aliphatic carbocycles. The summed E-state index contributed by atoms with van der Waals surface area (Å²) in [6.45, 7) is 2.11. The van der Waals surface area contributed by atoms with E-state index in [2.05, 4.69) is 26.3 Å². The summed E-state index contributed by atoms with van der Waals surface area (Å²) in [5, 5.41) is 12.4. The first-order valence-corrected chi connectivity index (χ1v) is 5.96. The highest BCUT2D eigenvalue weighted by Gasteiger charge is 2.20. The molecule has 1 N–H and O–H groups in total. The Morgan fingerprint density at radius 1 is 1.47 bits per heavy atom. The molecule has 2 heterocycles. The highest BCUT2D eigenvalue weighted by molar-refractivity contribution is 5.52. The maximum Gasteiger partial charge on any atom is 0.149 e. The molecule has 5 heteroatoms. The van der Waals surface area contributed by atoms with Crippen LogP contribution in [0.4, 0.5) is 5.82 Å². The fraction of sp³-hybridized carbons (Fsp3) is 0.583. The summed E-state index contributed by atoms with van der Waals surface area (Å²) in [7, 11) is 2.01. The van der Waals surface area contributed by atoms with Crippen LogP contribution in [0, 0.1) is 11.3 Å². The zero-order valence-electron chi connectivity index (χ0n) is 10.1. The second-order valence-corrected chi connectivity index (χ2v) is 4.32. The lowest BCUT2D eigenvalue weighted by Gasteiger charge is -2.28. The van der Waals surface area contributed by atoms with Crippen LogP contribution in [0.5, 0.6) is 0 Å². The Balaban J connectivity index is 2.17. The number of anilines is 1. The quantitative estimate of drug-likeness (QED) is 0.820. The van der Waals surface area contributed by atoms with Gasteiger partial charge < -0.3 is 10.2 Å². The van der Waals surface area contributed by atoms with Gasteiger partial charge in [-0.1, -0.05) is 0 Å². The van der Waals surface area contributed by atoms with Crippen molar-refractivity contribution < 1.29 is 0 Å². The number of aromatic nitrogens is 2. The van der Waals surface area contributed by atoms with Gasteiger partial charge in [0.05, 0.1) is 6.20 Å². The molecule has 17 heavy (non-hydrogen) atoms. The van der Waals surface area contributed by atoms with Crippen molar-refractivity contribution >= 4 is 5.82 Å². The first-order valence-electron chi connectivity index (χ1n) is 5.96. The minimum absolute atomic E-state index is 0.451. The average molecular weight is 231 g/mol. The summed E-state index contributed by atoms with van der Waals surface area (Å²) in [5.74, 6) is 0.745. The van der Waals surface area contributed by atoms with Gasteiger partial charge in [-0.2, -0.15) is 5.26 Å². The third kappa shape index (κ3) is 2.71. The molecule has 0 radical (unpaired) electrons. The van der Waals surface area contributed by atoms with Crippen LogP contribution >= 0.6 is 0 Å². The highest BCUT2D eigenvalue weighted by Crippen LogP contribution is 2.20. The predicted octanol–water partition coefficient (Wildman–Crippen LogP) is 0.927. The first-order chi connectivity index (χ1) is 8.33.